The zero-order chi connectivity index (χ0) is 16.2. The van der Waals surface area contributed by atoms with Crippen LogP contribution in [0.15, 0.2) is 18.2 Å². The van der Waals surface area contributed by atoms with Gasteiger partial charge in [0.05, 0.1) is 16.0 Å². The summed E-state index contributed by atoms with van der Waals surface area (Å²) in [7, 11) is 1.63. The topological polar surface area (TPSA) is 75.6 Å². The second kappa shape index (κ2) is 7.11. The van der Waals surface area contributed by atoms with E-state index in [1.54, 1.807) is 13.2 Å². The van der Waals surface area contributed by atoms with E-state index < -0.39 is 11.4 Å². The number of rotatable bonds is 6. The highest BCUT2D eigenvalue weighted by atomic mass is 35.5. The van der Waals surface area contributed by atoms with Gasteiger partial charge in [0.25, 0.3) is 0 Å². The Morgan fingerprint density at radius 3 is 2.59 bits per heavy atom. The lowest BCUT2D eigenvalue weighted by atomic mass is 9.82. The Morgan fingerprint density at radius 2 is 2.05 bits per heavy atom. The van der Waals surface area contributed by atoms with Crippen LogP contribution in [0.3, 0.4) is 0 Å². The molecule has 0 spiro atoms. The normalized spacial score (nSPS) is 16.5. The van der Waals surface area contributed by atoms with Gasteiger partial charge in [0.2, 0.25) is 5.91 Å². The highest BCUT2D eigenvalue weighted by molar-refractivity contribution is 6.33. The van der Waals surface area contributed by atoms with Crippen LogP contribution in [-0.2, 0) is 9.53 Å². The van der Waals surface area contributed by atoms with Crippen molar-refractivity contribution in [1.29, 1.82) is 0 Å². The van der Waals surface area contributed by atoms with Crippen molar-refractivity contribution in [3.05, 3.63) is 28.8 Å². The maximum atomic E-state index is 12.6. The molecule has 22 heavy (non-hydrogen) atoms. The Bertz CT molecular complexity index is 567. The highest BCUT2D eigenvalue weighted by Gasteiger charge is 2.40. The number of carboxylic acid groups (broad SMARTS) is 1. The van der Waals surface area contributed by atoms with Crippen molar-refractivity contribution < 1.29 is 19.4 Å². The third-order valence-electron chi connectivity index (χ3n) is 4.28. The minimum atomic E-state index is -1.09. The Morgan fingerprint density at radius 1 is 1.36 bits per heavy atom. The minimum absolute atomic E-state index is 0.0228. The number of methoxy groups -OCH3 is 1. The fourth-order valence-corrected chi connectivity index (χ4v) is 3.23. The van der Waals surface area contributed by atoms with Gasteiger partial charge < -0.3 is 15.2 Å². The molecule has 0 aromatic heterocycles. The smallest absolute Gasteiger partial charge is 0.337 e. The Kier molecular flexibility index (Phi) is 5.42. The maximum Gasteiger partial charge on any atom is 0.337 e. The van der Waals surface area contributed by atoms with Crippen LogP contribution in [0.1, 0.15) is 42.5 Å². The highest BCUT2D eigenvalue weighted by Crippen LogP contribution is 2.42. The lowest BCUT2D eigenvalue weighted by Gasteiger charge is -2.27. The van der Waals surface area contributed by atoms with Gasteiger partial charge >= 0.3 is 5.97 Å². The predicted octanol–water partition coefficient (Wildman–Crippen LogP) is 3.57. The van der Waals surface area contributed by atoms with Crippen LogP contribution in [-0.4, -0.2) is 30.7 Å². The van der Waals surface area contributed by atoms with Crippen LogP contribution < -0.4 is 5.32 Å². The van der Waals surface area contributed by atoms with Crippen molar-refractivity contribution in [3.63, 3.8) is 0 Å². The average Bonchev–Trinajstić information content (AvgIpc) is 2.95. The number of benzene rings is 1. The number of ether oxygens (including phenoxy) is 1. The fraction of sp³-hybridized carbons (Fsp3) is 0.500. The molecule has 2 N–H and O–H groups in total. The molecule has 6 heteroatoms. The molecule has 0 bridgehead atoms. The quantitative estimate of drug-likeness (QED) is 0.838. The summed E-state index contributed by atoms with van der Waals surface area (Å²) < 4.78 is 5.12. The van der Waals surface area contributed by atoms with Crippen LogP contribution >= 0.6 is 11.6 Å². The van der Waals surface area contributed by atoms with E-state index in [0.29, 0.717) is 18.7 Å². The largest absolute Gasteiger partial charge is 0.478 e. The molecular formula is C16H20ClNO4. The number of carbonyl (C=O) groups is 2. The van der Waals surface area contributed by atoms with Crippen LogP contribution in [0, 0.1) is 5.41 Å². The number of hydrogen-bond acceptors (Lipinski definition) is 3. The van der Waals surface area contributed by atoms with Gasteiger partial charge in [0.1, 0.15) is 0 Å². The molecule has 0 aliphatic heterocycles. The van der Waals surface area contributed by atoms with Gasteiger partial charge in [0.15, 0.2) is 0 Å². The van der Waals surface area contributed by atoms with Gasteiger partial charge in [-0.2, -0.15) is 0 Å². The molecule has 0 saturated heterocycles. The molecule has 120 valence electrons. The second-order valence-corrected chi connectivity index (χ2v) is 6.09. The Labute approximate surface area is 134 Å². The van der Waals surface area contributed by atoms with Gasteiger partial charge in [-0.15, -0.1) is 0 Å². The van der Waals surface area contributed by atoms with Crippen molar-refractivity contribution in [2.45, 2.75) is 32.1 Å². The lowest BCUT2D eigenvalue weighted by Crippen LogP contribution is -2.35. The number of anilines is 1. The van der Waals surface area contributed by atoms with Crippen LogP contribution in [0.4, 0.5) is 5.69 Å². The average molecular weight is 326 g/mol. The summed E-state index contributed by atoms with van der Waals surface area (Å²) in [6, 6.07) is 4.44. The molecule has 2 rings (SSSR count). The van der Waals surface area contributed by atoms with Gasteiger partial charge in [-0.25, -0.2) is 4.79 Å². The first-order valence-corrected chi connectivity index (χ1v) is 7.69. The Hall–Kier alpha value is -1.59. The number of carboxylic acids is 1. The molecule has 1 aromatic rings. The molecule has 1 amide bonds. The molecule has 1 saturated carbocycles. The van der Waals surface area contributed by atoms with Gasteiger partial charge in [-0.3, -0.25) is 4.79 Å². The molecule has 5 nitrogen and oxygen atoms in total. The summed E-state index contributed by atoms with van der Waals surface area (Å²) in [5.41, 5.74) is 0.145. The van der Waals surface area contributed by atoms with E-state index in [0.717, 1.165) is 25.7 Å². The number of nitrogens with one attached hydrogen (secondary N) is 1. The predicted molar refractivity (Wildman–Crippen MR) is 84.4 cm³/mol. The molecule has 1 fully saturated rings. The van der Waals surface area contributed by atoms with E-state index in [4.69, 9.17) is 21.4 Å². The number of aromatic carboxylic acids is 1. The number of amides is 1. The lowest BCUT2D eigenvalue weighted by molar-refractivity contribution is -0.126. The molecule has 0 heterocycles. The van der Waals surface area contributed by atoms with Crippen LogP contribution in [0.25, 0.3) is 0 Å². The summed E-state index contributed by atoms with van der Waals surface area (Å²) in [6.45, 7) is 0.548. The summed E-state index contributed by atoms with van der Waals surface area (Å²) in [5.74, 6) is -1.13. The third-order valence-corrected chi connectivity index (χ3v) is 4.60. The first-order chi connectivity index (χ1) is 10.5. The van der Waals surface area contributed by atoms with Crippen molar-refractivity contribution in [2.24, 2.45) is 5.41 Å². The van der Waals surface area contributed by atoms with E-state index in [-0.39, 0.29) is 16.5 Å². The molecule has 1 aromatic carbocycles. The molecule has 1 aliphatic rings. The van der Waals surface area contributed by atoms with Crippen molar-refractivity contribution >= 4 is 29.2 Å². The standard InChI is InChI=1S/C16H20ClNO4/c1-22-9-8-16(6-2-3-7-16)15(21)18-11-4-5-12(14(19)20)13(17)10-11/h4-5,10H,2-3,6-9H2,1H3,(H,18,21)(H,19,20). The molecule has 0 atom stereocenters. The SMILES string of the molecule is COCCC1(C(=O)Nc2ccc(C(=O)O)c(Cl)c2)CCCC1. The number of halogens is 1. The molecule has 0 unspecified atom stereocenters. The first-order valence-electron chi connectivity index (χ1n) is 7.32. The van der Waals surface area contributed by atoms with Gasteiger partial charge in [0, 0.05) is 19.4 Å². The van der Waals surface area contributed by atoms with Crippen LogP contribution in [0.5, 0.6) is 0 Å². The van der Waals surface area contributed by atoms with Gasteiger partial charge in [-0.05, 0) is 37.5 Å². The summed E-state index contributed by atoms with van der Waals surface area (Å²) in [5, 5.41) is 11.9. The number of hydrogen-bond donors (Lipinski definition) is 2. The summed E-state index contributed by atoms with van der Waals surface area (Å²) >= 11 is 5.93. The maximum absolute atomic E-state index is 12.6. The third kappa shape index (κ3) is 3.59. The second-order valence-electron chi connectivity index (χ2n) is 5.68. The van der Waals surface area contributed by atoms with E-state index in [1.165, 1.54) is 12.1 Å². The van der Waals surface area contributed by atoms with Crippen molar-refractivity contribution in [2.75, 3.05) is 19.0 Å². The molecular weight excluding hydrogens is 306 g/mol. The molecule has 1 aliphatic carbocycles. The van der Waals surface area contributed by atoms with Crippen molar-refractivity contribution in [3.8, 4) is 0 Å². The van der Waals surface area contributed by atoms with E-state index in [2.05, 4.69) is 5.32 Å². The van der Waals surface area contributed by atoms with Crippen molar-refractivity contribution in [1.82, 2.24) is 0 Å². The zero-order valence-corrected chi connectivity index (χ0v) is 13.3. The Balaban J connectivity index is 2.13. The van der Waals surface area contributed by atoms with E-state index >= 15 is 0 Å². The summed E-state index contributed by atoms with van der Waals surface area (Å²) in [4.78, 5) is 23.6. The van der Waals surface area contributed by atoms with Gasteiger partial charge in [-0.1, -0.05) is 24.4 Å². The summed E-state index contributed by atoms with van der Waals surface area (Å²) in [6.07, 6.45) is 4.47. The van der Waals surface area contributed by atoms with E-state index in [1.807, 2.05) is 0 Å². The zero-order valence-electron chi connectivity index (χ0n) is 12.5. The first kappa shape index (κ1) is 16.8. The minimum Gasteiger partial charge on any atom is -0.478 e. The van der Waals surface area contributed by atoms with Crippen LogP contribution in [0.2, 0.25) is 5.02 Å². The fourth-order valence-electron chi connectivity index (χ4n) is 2.97. The number of carbonyl (C=O) groups excluding carboxylic acids is 1. The molecule has 0 radical (unpaired) electrons. The monoisotopic (exact) mass is 325 g/mol. The van der Waals surface area contributed by atoms with E-state index in [9.17, 15) is 9.59 Å².